The molecule has 0 fully saturated rings. The maximum absolute atomic E-state index is 11.8. The molecule has 0 aromatic heterocycles. The Morgan fingerprint density at radius 1 is 1.29 bits per heavy atom. The molecule has 84 valence electrons. The van der Waals surface area contributed by atoms with E-state index in [-0.39, 0.29) is 0 Å². The third-order valence-corrected chi connectivity index (χ3v) is 3.20. The number of halogens is 1. The van der Waals surface area contributed by atoms with E-state index in [1.165, 1.54) is 12.1 Å². The van der Waals surface area contributed by atoms with Crippen LogP contribution in [0.5, 0.6) is 0 Å². The van der Waals surface area contributed by atoms with Crippen molar-refractivity contribution in [3.63, 3.8) is 0 Å². The minimum Gasteiger partial charge on any atom is -0.500 e. The summed E-state index contributed by atoms with van der Waals surface area (Å²) < 4.78 is 26.8. The molecule has 0 N–H and O–H groups in total. The van der Waals surface area contributed by atoms with Crippen LogP contribution in [0.2, 0.25) is 0 Å². The zero-order chi connectivity index (χ0) is 10.9. The second-order valence-corrected chi connectivity index (χ2v) is 4.91. The van der Waals surface area contributed by atoms with Crippen molar-refractivity contribution in [2.75, 3.05) is 25.2 Å². The third-order valence-electron chi connectivity index (χ3n) is 1.15. The number of ether oxygens (including phenoxy) is 1. The van der Waals surface area contributed by atoms with Gasteiger partial charge in [0.15, 0.2) is 0 Å². The molecule has 0 spiro atoms. The van der Waals surface area contributed by atoms with Crippen molar-refractivity contribution >= 4 is 23.5 Å². The number of hydrogen-bond acceptors (Lipinski definition) is 4. The van der Waals surface area contributed by atoms with E-state index >= 15 is 0 Å². The van der Waals surface area contributed by atoms with Crippen LogP contribution in [0.4, 0.5) is 0 Å². The van der Waals surface area contributed by atoms with Crippen LogP contribution >= 0.6 is 23.5 Å². The molecule has 14 heavy (non-hydrogen) atoms. The lowest BCUT2D eigenvalue weighted by Gasteiger charge is -2.12. The van der Waals surface area contributed by atoms with E-state index in [0.29, 0.717) is 19.8 Å². The van der Waals surface area contributed by atoms with Crippen LogP contribution in [0.25, 0.3) is 0 Å². The van der Waals surface area contributed by atoms with Gasteiger partial charge in [-0.3, -0.25) is 4.57 Å². The van der Waals surface area contributed by atoms with Crippen LogP contribution < -0.4 is 0 Å². The lowest BCUT2D eigenvalue weighted by atomic mass is 10.9. The van der Waals surface area contributed by atoms with Crippen LogP contribution in [0.15, 0.2) is 12.1 Å². The summed E-state index contributed by atoms with van der Waals surface area (Å²) in [6.45, 7) is 4.74. The van der Waals surface area contributed by atoms with E-state index in [9.17, 15) is 4.57 Å². The van der Waals surface area contributed by atoms with E-state index < -0.39 is 7.60 Å². The molecule has 0 heterocycles. The standard InChI is InChI=1S/C8H16BrO4P/c1-3-12-14(10,13-4-2)8-7-11-6-5-9/h7-8H,3-6H2,1-2H3/b8-7+. The van der Waals surface area contributed by atoms with Crippen molar-refractivity contribution < 1.29 is 18.3 Å². The van der Waals surface area contributed by atoms with Crippen LogP contribution in [-0.2, 0) is 18.3 Å². The van der Waals surface area contributed by atoms with Crippen LogP contribution in [-0.4, -0.2) is 25.2 Å². The molecule has 0 aliphatic heterocycles. The van der Waals surface area contributed by atoms with Crippen molar-refractivity contribution in [2.45, 2.75) is 13.8 Å². The maximum Gasteiger partial charge on any atom is 0.357 e. The molecule has 0 atom stereocenters. The first kappa shape index (κ1) is 14.2. The molecule has 4 nitrogen and oxygen atoms in total. The van der Waals surface area contributed by atoms with Gasteiger partial charge in [-0.2, -0.15) is 0 Å². The summed E-state index contributed by atoms with van der Waals surface area (Å²) >= 11 is 3.20. The van der Waals surface area contributed by atoms with Crippen molar-refractivity contribution in [1.82, 2.24) is 0 Å². The largest absolute Gasteiger partial charge is 0.500 e. The first-order valence-corrected chi connectivity index (χ1v) is 7.16. The summed E-state index contributed by atoms with van der Waals surface area (Å²) in [5.74, 6) is 1.34. The molecule has 0 rings (SSSR count). The fraction of sp³-hybridized carbons (Fsp3) is 0.750. The van der Waals surface area contributed by atoms with Gasteiger partial charge in [0.05, 0.1) is 31.9 Å². The van der Waals surface area contributed by atoms with Crippen molar-refractivity contribution in [1.29, 1.82) is 0 Å². The predicted octanol–water partition coefficient (Wildman–Crippen LogP) is 3.14. The summed E-state index contributed by atoms with van der Waals surface area (Å²) in [5.41, 5.74) is 0. The highest BCUT2D eigenvalue weighted by Crippen LogP contribution is 2.49. The van der Waals surface area contributed by atoms with Gasteiger partial charge in [0.2, 0.25) is 0 Å². The van der Waals surface area contributed by atoms with Gasteiger partial charge in [0.25, 0.3) is 0 Å². The highest BCUT2D eigenvalue weighted by atomic mass is 79.9. The lowest BCUT2D eigenvalue weighted by molar-refractivity contribution is 0.226. The molecule has 0 saturated carbocycles. The van der Waals surface area contributed by atoms with Gasteiger partial charge in [0.1, 0.15) is 0 Å². The van der Waals surface area contributed by atoms with E-state index in [1.54, 1.807) is 13.8 Å². The van der Waals surface area contributed by atoms with Crippen molar-refractivity contribution in [2.24, 2.45) is 0 Å². The summed E-state index contributed by atoms with van der Waals surface area (Å²) in [6, 6.07) is 0. The highest BCUT2D eigenvalue weighted by molar-refractivity contribution is 9.09. The normalized spacial score (nSPS) is 12.2. The Balaban J connectivity index is 4.07. The van der Waals surface area contributed by atoms with Crippen molar-refractivity contribution in [3.8, 4) is 0 Å². The van der Waals surface area contributed by atoms with E-state index in [2.05, 4.69) is 15.9 Å². The molecule has 0 aliphatic carbocycles. The topological polar surface area (TPSA) is 44.8 Å². The monoisotopic (exact) mass is 286 g/mol. The first-order chi connectivity index (χ1) is 6.68. The fourth-order valence-corrected chi connectivity index (χ4v) is 2.10. The second-order valence-electron chi connectivity index (χ2n) is 2.22. The average molecular weight is 287 g/mol. The SMILES string of the molecule is CCOP(=O)(/C=C/OCCBr)OCC. The average Bonchev–Trinajstić information content (AvgIpc) is 2.13. The van der Waals surface area contributed by atoms with Crippen molar-refractivity contribution in [3.05, 3.63) is 12.1 Å². The van der Waals surface area contributed by atoms with E-state index in [1.807, 2.05) is 0 Å². The van der Waals surface area contributed by atoms with Gasteiger partial charge >= 0.3 is 7.60 Å². The zero-order valence-corrected chi connectivity index (χ0v) is 10.9. The van der Waals surface area contributed by atoms with Crippen LogP contribution in [0.1, 0.15) is 13.8 Å². The molecule has 0 saturated heterocycles. The Bertz CT molecular complexity index is 198. The minimum absolute atomic E-state index is 0.347. The molecule has 0 bridgehead atoms. The number of hydrogen-bond donors (Lipinski definition) is 0. The van der Waals surface area contributed by atoms with Gasteiger partial charge < -0.3 is 13.8 Å². The molecule has 0 aromatic rings. The molecule has 0 aliphatic rings. The van der Waals surface area contributed by atoms with Gasteiger partial charge in [-0.25, -0.2) is 0 Å². The first-order valence-electron chi connectivity index (χ1n) is 4.42. The predicted molar refractivity (Wildman–Crippen MR) is 59.7 cm³/mol. The Hall–Kier alpha value is 0.170. The quantitative estimate of drug-likeness (QED) is 0.298. The van der Waals surface area contributed by atoms with E-state index in [4.69, 9.17) is 13.8 Å². The Kier molecular flexibility index (Phi) is 8.58. The molecule has 0 radical (unpaired) electrons. The van der Waals surface area contributed by atoms with Gasteiger partial charge in [0, 0.05) is 5.33 Å². The van der Waals surface area contributed by atoms with E-state index in [0.717, 1.165) is 5.33 Å². The van der Waals surface area contributed by atoms with Gasteiger partial charge in [-0.1, -0.05) is 15.9 Å². The Morgan fingerprint density at radius 3 is 2.29 bits per heavy atom. The fourth-order valence-electron chi connectivity index (χ4n) is 0.713. The van der Waals surface area contributed by atoms with Crippen LogP contribution in [0, 0.1) is 0 Å². The van der Waals surface area contributed by atoms with Gasteiger partial charge in [-0.15, -0.1) is 0 Å². The Labute approximate surface area is 93.3 Å². The summed E-state index contributed by atoms with van der Waals surface area (Å²) in [4.78, 5) is 0. The third kappa shape index (κ3) is 6.60. The van der Waals surface area contributed by atoms with Gasteiger partial charge in [-0.05, 0) is 13.8 Å². The molecule has 6 heteroatoms. The summed E-state index contributed by atoms with van der Waals surface area (Å²) in [7, 11) is -3.08. The van der Waals surface area contributed by atoms with Crippen LogP contribution in [0.3, 0.4) is 0 Å². The highest BCUT2D eigenvalue weighted by Gasteiger charge is 2.18. The second kappa shape index (κ2) is 8.48. The molecule has 0 aromatic carbocycles. The molecule has 0 unspecified atom stereocenters. The smallest absolute Gasteiger partial charge is 0.357 e. The minimum atomic E-state index is -3.08. The summed E-state index contributed by atoms with van der Waals surface area (Å²) in [5, 5.41) is 0.727. The summed E-state index contributed by atoms with van der Waals surface area (Å²) in [6.07, 6.45) is 1.35. The zero-order valence-electron chi connectivity index (χ0n) is 8.44. The molecular weight excluding hydrogens is 271 g/mol. The molecular formula is C8H16BrO4P. The Morgan fingerprint density at radius 2 is 1.86 bits per heavy atom. The maximum atomic E-state index is 11.8. The lowest BCUT2D eigenvalue weighted by Crippen LogP contribution is -1.93. The number of rotatable bonds is 8. The molecule has 0 amide bonds. The number of alkyl halides is 1.